The number of rotatable bonds is 6. The van der Waals surface area contributed by atoms with Gasteiger partial charge in [0.25, 0.3) is 0 Å². The minimum Gasteiger partial charge on any atom is -0.396 e. The maximum atomic E-state index is 9.55. The summed E-state index contributed by atoms with van der Waals surface area (Å²) in [5.41, 5.74) is 0. The van der Waals surface area contributed by atoms with Crippen LogP contribution in [-0.4, -0.2) is 30.2 Å². The summed E-state index contributed by atoms with van der Waals surface area (Å²) >= 11 is 0. The third-order valence-electron chi connectivity index (χ3n) is 8.37. The van der Waals surface area contributed by atoms with Crippen LogP contribution in [0.25, 0.3) is 0 Å². The summed E-state index contributed by atoms with van der Waals surface area (Å²) in [6.07, 6.45) is 8.49. The van der Waals surface area contributed by atoms with Crippen LogP contribution in [0.3, 0.4) is 0 Å². The van der Waals surface area contributed by atoms with Crippen molar-refractivity contribution >= 4 is 0 Å². The van der Waals surface area contributed by atoms with Crippen LogP contribution < -0.4 is 0 Å². The van der Waals surface area contributed by atoms with Gasteiger partial charge in [0.05, 0.1) is 12.7 Å². The Morgan fingerprint density at radius 3 is 1.79 bits per heavy atom. The van der Waals surface area contributed by atoms with E-state index in [9.17, 15) is 5.11 Å². The van der Waals surface area contributed by atoms with Crippen LogP contribution in [-0.2, 0) is 9.47 Å². The van der Waals surface area contributed by atoms with Gasteiger partial charge in [-0.25, -0.2) is 0 Å². The molecule has 7 atom stereocenters. The second kappa shape index (κ2) is 9.35. The zero-order valence-corrected chi connectivity index (χ0v) is 19.3. The Morgan fingerprint density at radius 2 is 1.36 bits per heavy atom. The molecule has 3 nitrogen and oxygen atoms in total. The van der Waals surface area contributed by atoms with Gasteiger partial charge >= 0.3 is 0 Å². The van der Waals surface area contributed by atoms with Crippen LogP contribution >= 0.6 is 0 Å². The van der Waals surface area contributed by atoms with E-state index in [1.807, 2.05) is 0 Å². The Hall–Kier alpha value is -0.120. The van der Waals surface area contributed by atoms with Gasteiger partial charge in [-0.2, -0.15) is 0 Å². The van der Waals surface area contributed by atoms with Gasteiger partial charge in [0.1, 0.15) is 0 Å². The highest BCUT2D eigenvalue weighted by atomic mass is 16.7. The lowest BCUT2D eigenvalue weighted by molar-refractivity contribution is -0.280. The van der Waals surface area contributed by atoms with E-state index in [-0.39, 0.29) is 12.7 Å². The first-order valence-electron chi connectivity index (χ1n) is 12.2. The SMILES string of the molecule is CC1CCC(C(C)C)C(C2(C3CC(C)CCC3C(C)C)OCC(CCO)O2)C1. The van der Waals surface area contributed by atoms with Crippen molar-refractivity contribution in [1.82, 2.24) is 0 Å². The van der Waals surface area contributed by atoms with E-state index in [4.69, 9.17) is 9.47 Å². The molecule has 28 heavy (non-hydrogen) atoms. The second-order valence-corrected chi connectivity index (χ2v) is 11.1. The maximum Gasteiger partial charge on any atom is 0.174 e. The molecule has 0 radical (unpaired) electrons. The van der Waals surface area contributed by atoms with Crippen LogP contribution in [0.4, 0.5) is 0 Å². The van der Waals surface area contributed by atoms with E-state index < -0.39 is 5.79 Å². The minimum atomic E-state index is -0.437. The number of aliphatic hydroxyl groups excluding tert-OH is 1. The van der Waals surface area contributed by atoms with Crippen molar-refractivity contribution in [2.45, 2.75) is 98.4 Å². The summed E-state index contributed by atoms with van der Waals surface area (Å²) in [5, 5.41) is 9.55. The molecule has 1 saturated heterocycles. The number of hydrogen-bond donors (Lipinski definition) is 1. The fraction of sp³-hybridized carbons (Fsp3) is 1.00. The highest BCUT2D eigenvalue weighted by Gasteiger charge is 2.59. The monoisotopic (exact) mass is 394 g/mol. The first-order valence-corrected chi connectivity index (χ1v) is 12.2. The molecule has 3 fully saturated rings. The van der Waals surface area contributed by atoms with Crippen molar-refractivity contribution in [3.05, 3.63) is 0 Å². The standard InChI is InChI=1S/C25H46O3/c1-16(2)21-9-7-18(5)13-23(21)25(27-15-20(28-25)11-12-26)24-14-19(6)8-10-22(24)17(3)4/h16-24,26H,7-15H2,1-6H3. The lowest BCUT2D eigenvalue weighted by atomic mass is 9.58. The van der Waals surface area contributed by atoms with E-state index in [1.165, 1.54) is 38.5 Å². The number of aliphatic hydroxyl groups is 1. The zero-order chi connectivity index (χ0) is 20.5. The molecular formula is C25H46O3. The quantitative estimate of drug-likeness (QED) is 0.610. The van der Waals surface area contributed by atoms with Gasteiger partial charge in [-0.15, -0.1) is 0 Å². The fourth-order valence-corrected chi connectivity index (χ4v) is 6.83. The Kier molecular flexibility index (Phi) is 7.53. The third-order valence-corrected chi connectivity index (χ3v) is 8.37. The Labute approximate surface area is 174 Å². The first kappa shape index (κ1) is 22.6. The van der Waals surface area contributed by atoms with Gasteiger partial charge in [-0.1, -0.05) is 54.4 Å². The van der Waals surface area contributed by atoms with Crippen LogP contribution in [0, 0.1) is 47.3 Å². The molecule has 0 aromatic heterocycles. The minimum absolute atomic E-state index is 0.0556. The van der Waals surface area contributed by atoms with E-state index in [1.54, 1.807) is 0 Å². The van der Waals surface area contributed by atoms with Gasteiger partial charge < -0.3 is 14.6 Å². The van der Waals surface area contributed by atoms with Gasteiger partial charge in [-0.05, 0) is 67.6 Å². The van der Waals surface area contributed by atoms with Crippen LogP contribution in [0.1, 0.15) is 86.5 Å². The van der Waals surface area contributed by atoms with Gasteiger partial charge in [0.2, 0.25) is 0 Å². The van der Waals surface area contributed by atoms with Crippen molar-refractivity contribution in [2.75, 3.05) is 13.2 Å². The molecular weight excluding hydrogens is 348 g/mol. The molecule has 0 amide bonds. The largest absolute Gasteiger partial charge is 0.396 e. The Bertz CT molecular complexity index is 456. The predicted octanol–water partition coefficient (Wildman–Crippen LogP) is 5.90. The zero-order valence-electron chi connectivity index (χ0n) is 19.3. The smallest absolute Gasteiger partial charge is 0.174 e. The summed E-state index contributed by atoms with van der Waals surface area (Å²) < 4.78 is 13.8. The maximum absolute atomic E-state index is 9.55. The van der Waals surface area contributed by atoms with Gasteiger partial charge in [0.15, 0.2) is 5.79 Å². The highest BCUT2D eigenvalue weighted by molar-refractivity contribution is 5.01. The third kappa shape index (κ3) is 4.47. The van der Waals surface area contributed by atoms with E-state index in [2.05, 4.69) is 41.5 Å². The molecule has 1 N–H and O–H groups in total. The molecule has 164 valence electrons. The van der Waals surface area contributed by atoms with Crippen molar-refractivity contribution in [3.8, 4) is 0 Å². The van der Waals surface area contributed by atoms with Crippen molar-refractivity contribution in [1.29, 1.82) is 0 Å². The molecule has 0 aromatic rings. The molecule has 0 aromatic carbocycles. The predicted molar refractivity (Wildman–Crippen MR) is 115 cm³/mol. The van der Waals surface area contributed by atoms with Crippen molar-refractivity contribution < 1.29 is 14.6 Å². The van der Waals surface area contributed by atoms with E-state index >= 15 is 0 Å². The van der Waals surface area contributed by atoms with Gasteiger partial charge in [0, 0.05) is 18.4 Å². The van der Waals surface area contributed by atoms with Crippen molar-refractivity contribution in [2.24, 2.45) is 47.3 Å². The molecule has 0 spiro atoms. The molecule has 2 aliphatic carbocycles. The molecule has 3 rings (SSSR count). The summed E-state index contributed by atoms with van der Waals surface area (Å²) in [4.78, 5) is 0. The van der Waals surface area contributed by atoms with Crippen molar-refractivity contribution in [3.63, 3.8) is 0 Å². The number of hydrogen-bond acceptors (Lipinski definition) is 3. The number of ether oxygens (including phenoxy) is 2. The topological polar surface area (TPSA) is 38.7 Å². The summed E-state index contributed by atoms with van der Waals surface area (Å²) in [6, 6.07) is 0. The summed E-state index contributed by atoms with van der Waals surface area (Å²) in [7, 11) is 0. The normalized spacial score (nSPS) is 45.1. The molecule has 7 unspecified atom stereocenters. The van der Waals surface area contributed by atoms with Gasteiger partial charge in [-0.3, -0.25) is 0 Å². The Balaban J connectivity index is 1.99. The fourth-order valence-electron chi connectivity index (χ4n) is 6.83. The lowest BCUT2D eigenvalue weighted by Gasteiger charge is -2.53. The van der Waals surface area contributed by atoms with E-state index in [0.717, 1.165) is 11.8 Å². The van der Waals surface area contributed by atoms with Crippen LogP contribution in [0.2, 0.25) is 0 Å². The first-order chi connectivity index (χ1) is 13.3. The van der Waals surface area contributed by atoms with E-state index in [0.29, 0.717) is 48.5 Å². The molecule has 3 heteroatoms. The molecule has 3 aliphatic rings. The van der Waals surface area contributed by atoms with Crippen LogP contribution in [0.5, 0.6) is 0 Å². The lowest BCUT2D eigenvalue weighted by Crippen LogP contribution is -2.56. The van der Waals surface area contributed by atoms with Crippen LogP contribution in [0.15, 0.2) is 0 Å². The second-order valence-electron chi connectivity index (χ2n) is 11.1. The average Bonchev–Trinajstić information content (AvgIpc) is 3.06. The highest BCUT2D eigenvalue weighted by Crippen LogP contribution is 2.56. The molecule has 2 saturated carbocycles. The Morgan fingerprint density at radius 1 is 0.857 bits per heavy atom. The summed E-state index contributed by atoms with van der Waals surface area (Å²) in [5.74, 6) is 4.71. The molecule has 1 heterocycles. The molecule has 1 aliphatic heterocycles. The molecule has 0 bridgehead atoms. The average molecular weight is 395 g/mol. The summed E-state index contributed by atoms with van der Waals surface area (Å²) in [6.45, 7) is 15.3.